The van der Waals surface area contributed by atoms with Gasteiger partial charge in [0.1, 0.15) is 0 Å². The van der Waals surface area contributed by atoms with Crippen molar-refractivity contribution in [2.75, 3.05) is 18.0 Å². The first-order chi connectivity index (χ1) is 14.5. The number of anilines is 1. The highest BCUT2D eigenvalue weighted by Crippen LogP contribution is 2.44. The number of carbonyl (C=O) groups is 1. The maximum absolute atomic E-state index is 13.2. The number of fused-ring (bicyclic) bond motifs is 1. The van der Waals surface area contributed by atoms with Crippen molar-refractivity contribution in [3.05, 3.63) is 21.4 Å². The number of pyridine rings is 1. The molecule has 0 bridgehead atoms. The summed E-state index contributed by atoms with van der Waals surface area (Å²) >= 11 is 3.82. The molecule has 0 N–H and O–H groups in total. The summed E-state index contributed by atoms with van der Waals surface area (Å²) in [7, 11) is 0. The second kappa shape index (κ2) is 9.78. The predicted molar refractivity (Wildman–Crippen MR) is 128 cm³/mol. The second-order valence-electron chi connectivity index (χ2n) is 10.5. The van der Waals surface area contributed by atoms with Crippen molar-refractivity contribution in [3.63, 3.8) is 0 Å². The molecule has 174 valence electrons. The van der Waals surface area contributed by atoms with Crippen molar-refractivity contribution in [1.29, 1.82) is 0 Å². The molecule has 0 amide bonds. The molecular formula is C25H39BrN2O3. The van der Waals surface area contributed by atoms with E-state index < -0.39 is 11.7 Å². The molecule has 0 radical (unpaired) electrons. The summed E-state index contributed by atoms with van der Waals surface area (Å²) in [5, 5.41) is 0. The van der Waals surface area contributed by atoms with Gasteiger partial charge in [-0.25, -0.2) is 4.79 Å². The SMILES string of the molecule is Cc1nc(C)c([C@H](OC(C)(C)C)C(=O)OC(C)C)c(N2CC[C@H]3CCCC[C@@H]3C2)c1Br. The van der Waals surface area contributed by atoms with Gasteiger partial charge in [0.15, 0.2) is 6.10 Å². The molecular weight excluding hydrogens is 456 g/mol. The zero-order chi connectivity index (χ0) is 22.9. The van der Waals surface area contributed by atoms with E-state index in [2.05, 4.69) is 20.8 Å². The third-order valence-electron chi connectivity index (χ3n) is 6.41. The van der Waals surface area contributed by atoms with Crippen molar-refractivity contribution in [2.24, 2.45) is 11.8 Å². The minimum absolute atomic E-state index is 0.206. The van der Waals surface area contributed by atoms with Gasteiger partial charge in [-0.05, 0) is 89.1 Å². The summed E-state index contributed by atoms with van der Waals surface area (Å²) in [6.45, 7) is 15.7. The summed E-state index contributed by atoms with van der Waals surface area (Å²) < 4.78 is 12.9. The Morgan fingerprint density at radius 2 is 1.74 bits per heavy atom. The highest BCUT2D eigenvalue weighted by atomic mass is 79.9. The molecule has 5 nitrogen and oxygen atoms in total. The number of aryl methyl sites for hydroxylation is 2. The Hall–Kier alpha value is -1.14. The highest BCUT2D eigenvalue weighted by molar-refractivity contribution is 9.10. The van der Waals surface area contributed by atoms with Crippen LogP contribution >= 0.6 is 15.9 Å². The maximum atomic E-state index is 13.2. The zero-order valence-corrected chi connectivity index (χ0v) is 21.8. The Kier molecular flexibility index (Phi) is 7.73. The van der Waals surface area contributed by atoms with Crippen LogP contribution in [-0.4, -0.2) is 35.7 Å². The van der Waals surface area contributed by atoms with Crippen LogP contribution in [0.4, 0.5) is 5.69 Å². The van der Waals surface area contributed by atoms with E-state index in [0.29, 0.717) is 0 Å². The van der Waals surface area contributed by atoms with Crippen molar-refractivity contribution >= 4 is 27.6 Å². The fourth-order valence-electron chi connectivity index (χ4n) is 5.12. The molecule has 3 rings (SSSR count). The number of hydrogen-bond donors (Lipinski definition) is 0. The molecule has 2 heterocycles. The lowest BCUT2D eigenvalue weighted by molar-refractivity contribution is -0.171. The monoisotopic (exact) mass is 494 g/mol. The minimum atomic E-state index is -0.814. The fraction of sp³-hybridized carbons (Fsp3) is 0.760. The number of nitrogens with zero attached hydrogens (tertiary/aromatic N) is 2. The first-order valence-corrected chi connectivity index (χ1v) is 12.6. The van der Waals surface area contributed by atoms with Crippen LogP contribution in [0.5, 0.6) is 0 Å². The molecule has 0 unspecified atom stereocenters. The van der Waals surface area contributed by atoms with Crippen LogP contribution in [0.25, 0.3) is 0 Å². The van der Waals surface area contributed by atoms with Gasteiger partial charge < -0.3 is 14.4 Å². The van der Waals surface area contributed by atoms with Gasteiger partial charge in [0.25, 0.3) is 0 Å². The number of esters is 1. The van der Waals surface area contributed by atoms with E-state index in [1.165, 1.54) is 32.1 Å². The van der Waals surface area contributed by atoms with Crippen LogP contribution in [0.2, 0.25) is 0 Å². The number of halogens is 1. The summed E-state index contributed by atoms with van der Waals surface area (Å²) in [4.78, 5) is 20.5. The number of carbonyl (C=O) groups excluding carboxylic acids is 1. The van der Waals surface area contributed by atoms with Crippen LogP contribution < -0.4 is 4.90 Å². The van der Waals surface area contributed by atoms with Gasteiger partial charge in [-0.3, -0.25) is 4.98 Å². The van der Waals surface area contributed by atoms with Crippen LogP contribution in [0.15, 0.2) is 4.47 Å². The van der Waals surface area contributed by atoms with Gasteiger partial charge in [0.2, 0.25) is 0 Å². The Bertz CT molecular complexity index is 803. The van der Waals surface area contributed by atoms with E-state index in [9.17, 15) is 4.79 Å². The molecule has 1 aliphatic heterocycles. The van der Waals surface area contributed by atoms with E-state index in [0.717, 1.165) is 52.0 Å². The van der Waals surface area contributed by atoms with Gasteiger partial charge in [-0.15, -0.1) is 0 Å². The molecule has 1 saturated heterocycles. The fourth-order valence-corrected chi connectivity index (χ4v) is 5.67. The molecule has 0 aromatic carbocycles. The molecule has 2 aliphatic rings. The number of hydrogen-bond acceptors (Lipinski definition) is 5. The van der Waals surface area contributed by atoms with Gasteiger partial charge in [-0.2, -0.15) is 0 Å². The molecule has 0 spiro atoms. The van der Waals surface area contributed by atoms with Crippen molar-refractivity contribution < 1.29 is 14.3 Å². The van der Waals surface area contributed by atoms with Gasteiger partial charge in [0, 0.05) is 24.3 Å². The van der Waals surface area contributed by atoms with E-state index >= 15 is 0 Å². The number of ether oxygens (including phenoxy) is 2. The summed E-state index contributed by atoms with van der Waals surface area (Å²) in [6.07, 6.45) is 5.54. The Balaban J connectivity index is 2.07. The minimum Gasteiger partial charge on any atom is -0.461 e. The Morgan fingerprint density at radius 1 is 1.10 bits per heavy atom. The van der Waals surface area contributed by atoms with Crippen LogP contribution in [0, 0.1) is 25.7 Å². The molecule has 2 fully saturated rings. The van der Waals surface area contributed by atoms with Crippen LogP contribution in [0.1, 0.15) is 89.8 Å². The molecule has 1 saturated carbocycles. The average Bonchev–Trinajstić information content (AvgIpc) is 2.67. The van der Waals surface area contributed by atoms with E-state index in [1.807, 2.05) is 48.5 Å². The van der Waals surface area contributed by atoms with Crippen molar-refractivity contribution in [3.8, 4) is 0 Å². The van der Waals surface area contributed by atoms with Gasteiger partial charge in [0.05, 0.1) is 27.6 Å². The lowest BCUT2D eigenvalue weighted by Crippen LogP contribution is -2.43. The molecule has 1 aromatic heterocycles. The summed E-state index contributed by atoms with van der Waals surface area (Å²) in [6, 6.07) is 0. The van der Waals surface area contributed by atoms with E-state index in [-0.39, 0.29) is 12.1 Å². The average molecular weight is 496 g/mol. The topological polar surface area (TPSA) is 51.7 Å². The molecule has 3 atom stereocenters. The second-order valence-corrected chi connectivity index (χ2v) is 11.3. The third-order valence-corrected chi connectivity index (χ3v) is 7.36. The van der Waals surface area contributed by atoms with Crippen molar-refractivity contribution in [1.82, 2.24) is 4.98 Å². The lowest BCUT2D eigenvalue weighted by Gasteiger charge is -2.44. The van der Waals surface area contributed by atoms with E-state index in [4.69, 9.17) is 14.5 Å². The molecule has 6 heteroatoms. The zero-order valence-electron chi connectivity index (χ0n) is 20.3. The summed E-state index contributed by atoms with van der Waals surface area (Å²) in [5.74, 6) is 1.21. The normalized spacial score (nSPS) is 22.9. The Labute approximate surface area is 196 Å². The predicted octanol–water partition coefficient (Wildman–Crippen LogP) is 6.29. The van der Waals surface area contributed by atoms with Gasteiger partial charge >= 0.3 is 5.97 Å². The quantitative estimate of drug-likeness (QED) is 0.450. The highest BCUT2D eigenvalue weighted by Gasteiger charge is 2.38. The van der Waals surface area contributed by atoms with Crippen LogP contribution in [0.3, 0.4) is 0 Å². The van der Waals surface area contributed by atoms with E-state index in [1.54, 1.807) is 0 Å². The largest absolute Gasteiger partial charge is 0.461 e. The maximum Gasteiger partial charge on any atom is 0.340 e. The van der Waals surface area contributed by atoms with Crippen LogP contribution in [-0.2, 0) is 14.3 Å². The molecule has 31 heavy (non-hydrogen) atoms. The summed E-state index contributed by atoms with van der Waals surface area (Å²) in [5.41, 5.74) is 3.17. The molecule has 1 aliphatic carbocycles. The number of rotatable bonds is 5. The molecule has 1 aromatic rings. The van der Waals surface area contributed by atoms with Gasteiger partial charge in [-0.1, -0.05) is 19.3 Å². The number of piperidine rings is 1. The smallest absolute Gasteiger partial charge is 0.340 e. The standard InChI is InChI=1S/C25H39BrN2O3/c1-15(2)30-24(29)23(31-25(5,6)7)20-16(3)27-17(4)21(26)22(20)28-13-12-18-10-8-9-11-19(18)14-28/h15,18-19,23H,8-14H2,1-7H3/t18-,19-,23+/m1/s1. The first kappa shape index (κ1) is 24.5. The van der Waals surface area contributed by atoms with Crippen molar-refractivity contribution in [2.45, 2.75) is 98.4 Å². The number of aromatic nitrogens is 1. The third kappa shape index (κ3) is 5.81. The lowest BCUT2D eigenvalue weighted by atomic mass is 9.75. The first-order valence-electron chi connectivity index (χ1n) is 11.8. The Morgan fingerprint density at radius 3 is 2.35 bits per heavy atom.